The Morgan fingerprint density at radius 2 is 1.68 bits per heavy atom. The highest BCUT2D eigenvalue weighted by molar-refractivity contribution is 5.53. The van der Waals surface area contributed by atoms with Crippen molar-refractivity contribution in [1.82, 2.24) is 10.1 Å². The van der Waals surface area contributed by atoms with Crippen LogP contribution >= 0.6 is 0 Å². The number of hydrogen-bond acceptors (Lipinski definition) is 7. The topological polar surface area (TPSA) is 92.6 Å². The lowest BCUT2D eigenvalue weighted by Crippen LogP contribution is -2.34. The number of nitrogens with zero attached hydrogens (tertiary/aromatic N) is 2. The second-order valence-corrected chi connectivity index (χ2v) is 6.41. The minimum atomic E-state index is -0.422. The molecule has 1 aromatic carbocycles. The number of methoxy groups -OCH3 is 3. The van der Waals surface area contributed by atoms with Crippen LogP contribution < -0.4 is 19.9 Å². The summed E-state index contributed by atoms with van der Waals surface area (Å²) >= 11 is 0. The fourth-order valence-corrected chi connectivity index (χ4v) is 3.32. The van der Waals surface area contributed by atoms with Crippen molar-refractivity contribution in [1.29, 1.82) is 0 Å². The maximum atomic E-state index is 6.38. The number of ether oxygens (including phenoxy) is 3. The summed E-state index contributed by atoms with van der Waals surface area (Å²) in [5.41, 5.74) is 6.99. The van der Waals surface area contributed by atoms with Gasteiger partial charge in [0.15, 0.2) is 17.3 Å². The van der Waals surface area contributed by atoms with Crippen LogP contribution in [0.15, 0.2) is 16.7 Å². The molecule has 2 aromatic rings. The maximum Gasteiger partial charge on any atom is 0.227 e. The van der Waals surface area contributed by atoms with Crippen LogP contribution in [0.3, 0.4) is 0 Å². The highest BCUT2D eigenvalue weighted by Crippen LogP contribution is 2.38. The molecule has 3 rings (SSSR count). The van der Waals surface area contributed by atoms with Crippen LogP contribution in [0.2, 0.25) is 0 Å². The van der Waals surface area contributed by atoms with Crippen molar-refractivity contribution < 1.29 is 18.7 Å². The SMILES string of the molecule is COc1cc(CCc2nc(C3(N)CCCC3)no2)cc(OC)c1OC. The molecule has 7 heteroatoms. The summed E-state index contributed by atoms with van der Waals surface area (Å²) in [6, 6.07) is 3.86. The molecule has 0 amide bonds. The molecule has 0 spiro atoms. The molecule has 0 unspecified atom stereocenters. The summed E-state index contributed by atoms with van der Waals surface area (Å²) < 4.78 is 21.5. The molecule has 1 fully saturated rings. The zero-order valence-electron chi connectivity index (χ0n) is 15.0. The normalized spacial score (nSPS) is 16.0. The van der Waals surface area contributed by atoms with E-state index in [1.807, 2.05) is 12.1 Å². The van der Waals surface area contributed by atoms with Crippen LogP contribution in [0.4, 0.5) is 0 Å². The molecule has 136 valence electrons. The van der Waals surface area contributed by atoms with E-state index < -0.39 is 5.54 Å². The lowest BCUT2D eigenvalue weighted by molar-refractivity contribution is 0.323. The average molecular weight is 347 g/mol. The van der Waals surface area contributed by atoms with E-state index in [9.17, 15) is 0 Å². The van der Waals surface area contributed by atoms with E-state index in [-0.39, 0.29) is 0 Å². The van der Waals surface area contributed by atoms with Crippen LogP contribution in [0.5, 0.6) is 17.2 Å². The Morgan fingerprint density at radius 3 is 2.24 bits per heavy atom. The van der Waals surface area contributed by atoms with Gasteiger partial charge in [0.05, 0.1) is 26.9 Å². The van der Waals surface area contributed by atoms with Gasteiger partial charge in [-0.3, -0.25) is 0 Å². The monoisotopic (exact) mass is 347 g/mol. The molecule has 1 heterocycles. The van der Waals surface area contributed by atoms with Gasteiger partial charge in [-0.2, -0.15) is 4.98 Å². The van der Waals surface area contributed by atoms with Crippen molar-refractivity contribution in [2.24, 2.45) is 5.73 Å². The van der Waals surface area contributed by atoms with Gasteiger partial charge in [0.25, 0.3) is 0 Å². The average Bonchev–Trinajstić information content (AvgIpc) is 3.29. The highest BCUT2D eigenvalue weighted by Gasteiger charge is 2.35. The van der Waals surface area contributed by atoms with Gasteiger partial charge in [0.2, 0.25) is 11.6 Å². The highest BCUT2D eigenvalue weighted by atomic mass is 16.5. The zero-order valence-corrected chi connectivity index (χ0v) is 15.0. The molecule has 1 saturated carbocycles. The summed E-state index contributed by atoms with van der Waals surface area (Å²) in [5.74, 6) is 3.08. The number of hydrogen-bond donors (Lipinski definition) is 1. The van der Waals surface area contributed by atoms with E-state index in [4.69, 9.17) is 24.5 Å². The summed E-state index contributed by atoms with van der Waals surface area (Å²) in [4.78, 5) is 4.51. The minimum Gasteiger partial charge on any atom is -0.493 e. The summed E-state index contributed by atoms with van der Waals surface area (Å²) in [6.45, 7) is 0. The zero-order chi connectivity index (χ0) is 17.9. The molecule has 1 aromatic heterocycles. The maximum absolute atomic E-state index is 6.38. The Bertz CT molecular complexity index is 698. The van der Waals surface area contributed by atoms with Crippen LogP contribution in [0.25, 0.3) is 0 Å². The third kappa shape index (κ3) is 3.56. The summed E-state index contributed by atoms with van der Waals surface area (Å²) in [7, 11) is 4.80. The third-order valence-electron chi connectivity index (χ3n) is 4.76. The Morgan fingerprint density at radius 1 is 1.04 bits per heavy atom. The standard InChI is InChI=1S/C18H25N3O4/c1-22-13-10-12(11-14(23-2)16(13)24-3)6-7-15-20-17(21-25-15)18(19)8-4-5-9-18/h10-11H,4-9,19H2,1-3H3. The van der Waals surface area contributed by atoms with Crippen molar-refractivity contribution in [2.45, 2.75) is 44.1 Å². The van der Waals surface area contributed by atoms with Gasteiger partial charge in [-0.1, -0.05) is 18.0 Å². The van der Waals surface area contributed by atoms with E-state index in [0.29, 0.717) is 35.4 Å². The second kappa shape index (κ2) is 7.31. The lowest BCUT2D eigenvalue weighted by Gasteiger charge is -2.17. The van der Waals surface area contributed by atoms with Gasteiger partial charge >= 0.3 is 0 Å². The lowest BCUT2D eigenvalue weighted by atomic mass is 9.99. The first-order chi connectivity index (χ1) is 12.1. The Labute approximate surface area is 147 Å². The number of nitrogens with two attached hydrogens (primary N) is 1. The largest absolute Gasteiger partial charge is 0.493 e. The van der Waals surface area contributed by atoms with E-state index in [1.165, 1.54) is 0 Å². The minimum absolute atomic E-state index is 0.422. The van der Waals surface area contributed by atoms with Crippen LogP contribution in [0, 0.1) is 0 Å². The van der Waals surface area contributed by atoms with Crippen LogP contribution in [-0.4, -0.2) is 31.5 Å². The first-order valence-electron chi connectivity index (χ1n) is 8.50. The van der Waals surface area contributed by atoms with E-state index in [2.05, 4.69) is 10.1 Å². The van der Waals surface area contributed by atoms with E-state index in [1.54, 1.807) is 21.3 Å². The quantitative estimate of drug-likeness (QED) is 0.823. The summed E-state index contributed by atoms with van der Waals surface area (Å²) in [5, 5.41) is 4.10. The smallest absolute Gasteiger partial charge is 0.227 e. The van der Waals surface area contributed by atoms with Gasteiger partial charge in [-0.25, -0.2) is 0 Å². The van der Waals surface area contributed by atoms with E-state index >= 15 is 0 Å². The van der Waals surface area contributed by atoms with Crippen molar-refractivity contribution in [3.05, 3.63) is 29.4 Å². The molecular formula is C18H25N3O4. The Hall–Kier alpha value is -2.28. The van der Waals surface area contributed by atoms with Gasteiger partial charge in [-0.05, 0) is 37.0 Å². The van der Waals surface area contributed by atoms with Gasteiger partial charge < -0.3 is 24.5 Å². The third-order valence-corrected chi connectivity index (χ3v) is 4.76. The first-order valence-corrected chi connectivity index (χ1v) is 8.50. The molecule has 1 aliphatic rings. The molecule has 0 bridgehead atoms. The van der Waals surface area contributed by atoms with Crippen molar-refractivity contribution in [2.75, 3.05) is 21.3 Å². The number of aryl methyl sites for hydroxylation is 2. The van der Waals surface area contributed by atoms with Crippen LogP contribution in [0.1, 0.15) is 43.0 Å². The molecule has 2 N–H and O–H groups in total. The Balaban J connectivity index is 1.72. The number of rotatable bonds is 7. The van der Waals surface area contributed by atoms with Crippen molar-refractivity contribution >= 4 is 0 Å². The van der Waals surface area contributed by atoms with Crippen molar-refractivity contribution in [3.63, 3.8) is 0 Å². The molecule has 7 nitrogen and oxygen atoms in total. The summed E-state index contributed by atoms with van der Waals surface area (Å²) in [6.07, 6.45) is 5.41. The fourth-order valence-electron chi connectivity index (χ4n) is 3.32. The van der Waals surface area contributed by atoms with Gasteiger partial charge in [-0.15, -0.1) is 0 Å². The predicted molar refractivity (Wildman–Crippen MR) is 92.1 cm³/mol. The molecule has 0 radical (unpaired) electrons. The number of aromatic nitrogens is 2. The second-order valence-electron chi connectivity index (χ2n) is 6.41. The van der Waals surface area contributed by atoms with Gasteiger partial charge in [0, 0.05) is 6.42 Å². The van der Waals surface area contributed by atoms with Gasteiger partial charge in [0.1, 0.15) is 0 Å². The van der Waals surface area contributed by atoms with Crippen molar-refractivity contribution in [3.8, 4) is 17.2 Å². The fraction of sp³-hybridized carbons (Fsp3) is 0.556. The molecule has 0 aliphatic heterocycles. The molecule has 0 saturated heterocycles. The Kier molecular flexibility index (Phi) is 5.13. The van der Waals surface area contributed by atoms with Crippen LogP contribution in [-0.2, 0) is 18.4 Å². The first kappa shape index (κ1) is 17.5. The predicted octanol–water partition coefficient (Wildman–Crippen LogP) is 2.61. The van der Waals surface area contributed by atoms with E-state index in [0.717, 1.165) is 37.7 Å². The molecule has 25 heavy (non-hydrogen) atoms. The molecule has 1 aliphatic carbocycles. The molecular weight excluding hydrogens is 322 g/mol. The number of benzene rings is 1. The molecule has 0 atom stereocenters.